The lowest BCUT2D eigenvalue weighted by Gasteiger charge is -1.87. The van der Waals surface area contributed by atoms with Crippen molar-refractivity contribution in [1.82, 2.24) is 0 Å². The standard InChI is InChI=1S/C9H14O/c1-3-4-5-6-9(2)7-8-10/h3,5-7,10H,1,4,8H2,2H3. The van der Waals surface area contributed by atoms with Crippen LogP contribution in [0.5, 0.6) is 0 Å². The summed E-state index contributed by atoms with van der Waals surface area (Å²) in [6.45, 7) is 5.65. The first-order valence-electron chi connectivity index (χ1n) is 3.36. The van der Waals surface area contributed by atoms with Crippen LogP contribution in [0.4, 0.5) is 0 Å². The number of hydrogen-bond donors (Lipinski definition) is 1. The van der Waals surface area contributed by atoms with Gasteiger partial charge in [-0.2, -0.15) is 0 Å². The first-order chi connectivity index (χ1) is 4.81. The van der Waals surface area contributed by atoms with E-state index in [9.17, 15) is 0 Å². The highest BCUT2D eigenvalue weighted by Gasteiger charge is 1.77. The predicted octanol–water partition coefficient (Wildman–Crippen LogP) is 2.06. The summed E-state index contributed by atoms with van der Waals surface area (Å²) in [5, 5.41) is 8.46. The third-order valence-corrected chi connectivity index (χ3v) is 1.10. The Balaban J connectivity index is 3.64. The Hall–Kier alpha value is -0.820. The summed E-state index contributed by atoms with van der Waals surface area (Å²) in [7, 11) is 0. The van der Waals surface area contributed by atoms with Crippen molar-refractivity contribution in [2.75, 3.05) is 6.61 Å². The van der Waals surface area contributed by atoms with Gasteiger partial charge in [-0.15, -0.1) is 6.58 Å². The van der Waals surface area contributed by atoms with Crippen LogP contribution in [-0.2, 0) is 0 Å². The highest BCUT2D eigenvalue weighted by atomic mass is 16.2. The average Bonchev–Trinajstić information content (AvgIpc) is 1.89. The van der Waals surface area contributed by atoms with Gasteiger partial charge in [0, 0.05) is 0 Å². The van der Waals surface area contributed by atoms with Crippen molar-refractivity contribution in [3.8, 4) is 0 Å². The Morgan fingerprint density at radius 1 is 1.60 bits per heavy atom. The Bertz CT molecular complexity index is 143. The Morgan fingerprint density at radius 2 is 2.30 bits per heavy atom. The van der Waals surface area contributed by atoms with E-state index in [0.717, 1.165) is 12.0 Å². The SMILES string of the molecule is C=CCC=CC(C)=CCO. The Kier molecular flexibility index (Phi) is 5.79. The molecular formula is C9H14O. The Morgan fingerprint density at radius 3 is 2.80 bits per heavy atom. The zero-order chi connectivity index (χ0) is 7.82. The van der Waals surface area contributed by atoms with Crippen LogP contribution in [0.2, 0.25) is 0 Å². The molecule has 0 aliphatic heterocycles. The molecule has 0 bridgehead atoms. The highest BCUT2D eigenvalue weighted by Crippen LogP contribution is 1.95. The van der Waals surface area contributed by atoms with E-state index in [1.807, 2.05) is 25.2 Å². The molecule has 0 unspecified atom stereocenters. The largest absolute Gasteiger partial charge is 0.392 e. The zero-order valence-corrected chi connectivity index (χ0v) is 6.38. The summed E-state index contributed by atoms with van der Waals surface area (Å²) in [5.74, 6) is 0. The zero-order valence-electron chi connectivity index (χ0n) is 6.38. The van der Waals surface area contributed by atoms with Crippen molar-refractivity contribution in [2.24, 2.45) is 0 Å². The number of aliphatic hydroxyl groups is 1. The summed E-state index contributed by atoms with van der Waals surface area (Å²) in [6, 6.07) is 0. The van der Waals surface area contributed by atoms with E-state index in [-0.39, 0.29) is 6.61 Å². The van der Waals surface area contributed by atoms with E-state index in [1.54, 1.807) is 6.08 Å². The number of aliphatic hydroxyl groups excluding tert-OH is 1. The molecule has 0 aromatic rings. The number of hydrogen-bond acceptors (Lipinski definition) is 1. The van der Waals surface area contributed by atoms with Gasteiger partial charge in [-0.05, 0) is 13.3 Å². The van der Waals surface area contributed by atoms with Crippen molar-refractivity contribution in [1.29, 1.82) is 0 Å². The van der Waals surface area contributed by atoms with Gasteiger partial charge in [0.15, 0.2) is 0 Å². The summed E-state index contributed by atoms with van der Waals surface area (Å²) in [6.07, 6.45) is 8.46. The predicted molar refractivity (Wildman–Crippen MR) is 44.8 cm³/mol. The lowest BCUT2D eigenvalue weighted by atomic mass is 10.2. The van der Waals surface area contributed by atoms with E-state index in [4.69, 9.17) is 5.11 Å². The molecule has 0 fully saturated rings. The molecule has 0 aliphatic carbocycles. The minimum atomic E-state index is 0.115. The molecule has 0 radical (unpaired) electrons. The second-order valence-corrected chi connectivity index (χ2v) is 2.06. The fraction of sp³-hybridized carbons (Fsp3) is 0.333. The van der Waals surface area contributed by atoms with E-state index in [2.05, 4.69) is 6.58 Å². The second kappa shape index (κ2) is 6.30. The molecule has 0 aliphatic rings. The van der Waals surface area contributed by atoms with E-state index >= 15 is 0 Å². The third-order valence-electron chi connectivity index (χ3n) is 1.10. The topological polar surface area (TPSA) is 20.2 Å². The second-order valence-electron chi connectivity index (χ2n) is 2.06. The fourth-order valence-electron chi connectivity index (χ4n) is 0.562. The van der Waals surface area contributed by atoms with Crippen molar-refractivity contribution < 1.29 is 5.11 Å². The first-order valence-corrected chi connectivity index (χ1v) is 3.36. The van der Waals surface area contributed by atoms with Crippen molar-refractivity contribution >= 4 is 0 Å². The van der Waals surface area contributed by atoms with Gasteiger partial charge < -0.3 is 5.11 Å². The van der Waals surface area contributed by atoms with E-state index in [0.29, 0.717) is 0 Å². The molecule has 1 heteroatoms. The van der Waals surface area contributed by atoms with Gasteiger partial charge in [0.25, 0.3) is 0 Å². The number of allylic oxidation sites excluding steroid dienone is 4. The molecule has 0 aromatic carbocycles. The molecule has 0 rings (SSSR count). The maximum absolute atomic E-state index is 8.46. The van der Waals surface area contributed by atoms with Gasteiger partial charge >= 0.3 is 0 Å². The number of rotatable bonds is 4. The van der Waals surface area contributed by atoms with E-state index in [1.165, 1.54) is 0 Å². The molecule has 0 saturated heterocycles. The van der Waals surface area contributed by atoms with Gasteiger partial charge in [0.1, 0.15) is 0 Å². The quantitative estimate of drug-likeness (QED) is 0.465. The van der Waals surface area contributed by atoms with Gasteiger partial charge in [-0.25, -0.2) is 0 Å². The maximum atomic E-state index is 8.46. The fourth-order valence-corrected chi connectivity index (χ4v) is 0.562. The van der Waals surface area contributed by atoms with Crippen LogP contribution in [0, 0.1) is 0 Å². The van der Waals surface area contributed by atoms with Crippen molar-refractivity contribution in [3.63, 3.8) is 0 Å². The monoisotopic (exact) mass is 138 g/mol. The highest BCUT2D eigenvalue weighted by molar-refractivity contribution is 5.16. The van der Waals surface area contributed by atoms with Crippen LogP contribution in [-0.4, -0.2) is 11.7 Å². The van der Waals surface area contributed by atoms with Crippen LogP contribution in [0.3, 0.4) is 0 Å². The maximum Gasteiger partial charge on any atom is 0.0617 e. The van der Waals surface area contributed by atoms with Crippen LogP contribution in [0.1, 0.15) is 13.3 Å². The molecule has 0 aromatic heterocycles. The minimum absolute atomic E-state index is 0.115. The van der Waals surface area contributed by atoms with Gasteiger partial charge in [0.2, 0.25) is 0 Å². The summed E-state index contributed by atoms with van der Waals surface area (Å²) in [5.41, 5.74) is 1.09. The van der Waals surface area contributed by atoms with Crippen molar-refractivity contribution in [3.05, 3.63) is 36.5 Å². The molecule has 0 atom stereocenters. The summed E-state index contributed by atoms with van der Waals surface area (Å²) in [4.78, 5) is 0. The first kappa shape index (κ1) is 9.18. The van der Waals surface area contributed by atoms with E-state index < -0.39 is 0 Å². The molecule has 0 heterocycles. The molecular weight excluding hydrogens is 124 g/mol. The van der Waals surface area contributed by atoms with Crippen LogP contribution >= 0.6 is 0 Å². The minimum Gasteiger partial charge on any atom is -0.392 e. The van der Waals surface area contributed by atoms with Gasteiger partial charge in [0.05, 0.1) is 6.61 Å². The Labute approximate surface area is 62.4 Å². The lowest BCUT2D eigenvalue weighted by Crippen LogP contribution is -1.74. The third kappa shape index (κ3) is 5.32. The molecule has 0 spiro atoms. The molecule has 1 nitrogen and oxygen atoms in total. The molecule has 56 valence electrons. The van der Waals surface area contributed by atoms with Gasteiger partial charge in [-0.3, -0.25) is 0 Å². The van der Waals surface area contributed by atoms with Crippen LogP contribution in [0.15, 0.2) is 36.5 Å². The molecule has 10 heavy (non-hydrogen) atoms. The molecule has 0 saturated carbocycles. The summed E-state index contributed by atoms with van der Waals surface area (Å²) < 4.78 is 0. The molecule has 1 N–H and O–H groups in total. The normalized spacial score (nSPS) is 12.4. The van der Waals surface area contributed by atoms with Gasteiger partial charge in [-0.1, -0.05) is 29.9 Å². The lowest BCUT2D eigenvalue weighted by molar-refractivity contribution is 0.342. The summed E-state index contributed by atoms with van der Waals surface area (Å²) >= 11 is 0. The van der Waals surface area contributed by atoms with Crippen LogP contribution in [0.25, 0.3) is 0 Å². The molecule has 0 amide bonds. The van der Waals surface area contributed by atoms with Crippen molar-refractivity contribution in [2.45, 2.75) is 13.3 Å². The van der Waals surface area contributed by atoms with Crippen LogP contribution < -0.4 is 0 Å². The smallest absolute Gasteiger partial charge is 0.0617 e. The average molecular weight is 138 g/mol.